The number of nitrogens with zero attached hydrogens (tertiary/aromatic N) is 2. The summed E-state index contributed by atoms with van der Waals surface area (Å²) in [4.78, 5) is 31.9. The third-order valence-corrected chi connectivity index (χ3v) is 6.79. The number of methoxy groups -OCH3 is 2. The van der Waals surface area contributed by atoms with Gasteiger partial charge in [-0.05, 0) is 49.8 Å². The number of benzene rings is 2. The molecule has 0 aliphatic carbocycles. The lowest BCUT2D eigenvalue weighted by Crippen LogP contribution is -2.39. The molecule has 1 atom stereocenters. The summed E-state index contributed by atoms with van der Waals surface area (Å²) >= 11 is 1.25. The van der Waals surface area contributed by atoms with Crippen LogP contribution in [-0.2, 0) is 9.53 Å². The summed E-state index contributed by atoms with van der Waals surface area (Å²) < 4.78 is 23.7. The molecule has 0 saturated carbocycles. The van der Waals surface area contributed by atoms with Gasteiger partial charge in [0, 0.05) is 11.6 Å². The molecule has 0 N–H and O–H groups in total. The first-order valence-electron chi connectivity index (χ1n) is 11.7. The average molecular weight is 521 g/mol. The Hall–Kier alpha value is -4.11. The number of carbonyl (C=O) groups is 1. The fourth-order valence-corrected chi connectivity index (χ4v) is 5.12. The van der Waals surface area contributed by atoms with Gasteiger partial charge in [0.25, 0.3) is 5.56 Å². The normalized spacial score (nSPS) is 15.0. The number of hydrogen-bond acceptors (Lipinski definition) is 8. The summed E-state index contributed by atoms with van der Waals surface area (Å²) in [5.74, 6) is 1.36. The fourth-order valence-electron chi connectivity index (χ4n) is 4.09. The molecule has 0 radical (unpaired) electrons. The molecule has 2 aromatic carbocycles. The van der Waals surface area contributed by atoms with E-state index in [9.17, 15) is 9.59 Å². The van der Waals surface area contributed by atoms with Crippen LogP contribution in [0.3, 0.4) is 0 Å². The van der Waals surface area contributed by atoms with Crippen molar-refractivity contribution in [3.63, 3.8) is 0 Å². The fraction of sp³-hybridized carbons (Fsp3) is 0.250. The highest BCUT2D eigenvalue weighted by Gasteiger charge is 2.33. The van der Waals surface area contributed by atoms with Gasteiger partial charge in [-0.3, -0.25) is 9.36 Å². The molecule has 1 unspecified atom stereocenters. The van der Waals surface area contributed by atoms with Crippen LogP contribution in [0.25, 0.3) is 6.08 Å². The summed E-state index contributed by atoms with van der Waals surface area (Å²) in [7, 11) is 3.14. The highest BCUT2D eigenvalue weighted by molar-refractivity contribution is 7.07. The largest absolute Gasteiger partial charge is 0.497 e. The van der Waals surface area contributed by atoms with Crippen molar-refractivity contribution in [3.05, 3.63) is 97.2 Å². The van der Waals surface area contributed by atoms with Crippen molar-refractivity contribution in [1.29, 1.82) is 0 Å². The van der Waals surface area contributed by atoms with Crippen LogP contribution in [-0.4, -0.2) is 38.0 Å². The van der Waals surface area contributed by atoms with Gasteiger partial charge in [-0.25, -0.2) is 9.79 Å². The Morgan fingerprint density at radius 2 is 1.86 bits per heavy atom. The molecular formula is C28H28N2O6S. The van der Waals surface area contributed by atoms with Gasteiger partial charge in [-0.1, -0.05) is 36.1 Å². The minimum Gasteiger partial charge on any atom is -0.497 e. The molecule has 0 saturated heterocycles. The number of thiazole rings is 1. The van der Waals surface area contributed by atoms with Crippen molar-refractivity contribution in [1.82, 2.24) is 4.57 Å². The maximum atomic E-state index is 13.8. The lowest BCUT2D eigenvalue weighted by Gasteiger charge is -2.24. The predicted octanol–water partition coefficient (Wildman–Crippen LogP) is 3.38. The first kappa shape index (κ1) is 26.0. The number of rotatable bonds is 9. The van der Waals surface area contributed by atoms with Crippen LogP contribution in [0.5, 0.6) is 17.2 Å². The second-order valence-electron chi connectivity index (χ2n) is 8.08. The van der Waals surface area contributed by atoms with Gasteiger partial charge in [0.05, 0.1) is 42.7 Å². The van der Waals surface area contributed by atoms with Crippen molar-refractivity contribution >= 4 is 23.4 Å². The molecule has 3 aromatic rings. The van der Waals surface area contributed by atoms with Crippen LogP contribution >= 0.6 is 11.3 Å². The van der Waals surface area contributed by atoms with Gasteiger partial charge in [0.1, 0.15) is 23.9 Å². The van der Waals surface area contributed by atoms with Crippen molar-refractivity contribution in [2.24, 2.45) is 4.99 Å². The number of ether oxygens (including phenoxy) is 4. The van der Waals surface area contributed by atoms with Crippen molar-refractivity contribution in [2.75, 3.05) is 27.4 Å². The van der Waals surface area contributed by atoms with Gasteiger partial charge >= 0.3 is 5.97 Å². The molecule has 1 aliphatic rings. The number of aromatic nitrogens is 1. The van der Waals surface area contributed by atoms with Gasteiger partial charge in [-0.2, -0.15) is 0 Å². The Labute approximate surface area is 218 Å². The van der Waals surface area contributed by atoms with E-state index in [0.29, 0.717) is 44.5 Å². The van der Waals surface area contributed by atoms with E-state index in [4.69, 9.17) is 18.9 Å². The Bertz CT molecular complexity index is 1530. The minimum atomic E-state index is -0.705. The van der Waals surface area contributed by atoms with E-state index in [1.807, 2.05) is 18.2 Å². The molecule has 0 spiro atoms. The van der Waals surface area contributed by atoms with Crippen LogP contribution in [0.4, 0.5) is 0 Å². The summed E-state index contributed by atoms with van der Waals surface area (Å²) in [6.45, 7) is 7.74. The van der Waals surface area contributed by atoms with Crippen molar-refractivity contribution < 1.29 is 23.7 Å². The number of fused-ring (bicyclic) bond motifs is 1. The highest BCUT2D eigenvalue weighted by atomic mass is 32.1. The quantitative estimate of drug-likeness (QED) is 0.318. The molecule has 0 amide bonds. The molecule has 0 fully saturated rings. The van der Waals surface area contributed by atoms with E-state index in [1.54, 1.807) is 69.1 Å². The molecule has 0 bridgehead atoms. The zero-order valence-electron chi connectivity index (χ0n) is 21.1. The molecule has 1 aromatic heterocycles. The minimum absolute atomic E-state index is 0.207. The Balaban J connectivity index is 1.89. The number of hydrogen-bond donors (Lipinski definition) is 0. The van der Waals surface area contributed by atoms with E-state index in [0.717, 1.165) is 11.1 Å². The summed E-state index contributed by atoms with van der Waals surface area (Å²) in [6.07, 6.45) is 3.42. The van der Waals surface area contributed by atoms with Crippen LogP contribution in [0, 0.1) is 0 Å². The Morgan fingerprint density at radius 3 is 2.51 bits per heavy atom. The van der Waals surface area contributed by atoms with Crippen LogP contribution in [0.15, 0.2) is 76.2 Å². The van der Waals surface area contributed by atoms with Gasteiger partial charge < -0.3 is 18.9 Å². The first-order valence-corrected chi connectivity index (χ1v) is 12.5. The molecule has 37 heavy (non-hydrogen) atoms. The van der Waals surface area contributed by atoms with Crippen molar-refractivity contribution in [2.45, 2.75) is 19.9 Å². The van der Waals surface area contributed by atoms with E-state index >= 15 is 0 Å². The standard InChI is InChI=1S/C28H28N2O6S/c1-6-14-36-20-11-8-18(9-12-20)25-24(27(32)35-7-2)17(3)29-28-30(25)26(31)23(37-28)15-19-10-13-21(33-4)16-22(19)34-5/h6,8-13,15-16,25H,1,7,14H2,2-5H3/b23-15-. The van der Waals surface area contributed by atoms with E-state index in [2.05, 4.69) is 11.6 Å². The third kappa shape index (κ3) is 5.22. The zero-order valence-corrected chi connectivity index (χ0v) is 22.0. The van der Waals surface area contributed by atoms with E-state index in [-0.39, 0.29) is 12.2 Å². The van der Waals surface area contributed by atoms with E-state index in [1.165, 1.54) is 11.3 Å². The second-order valence-corrected chi connectivity index (χ2v) is 9.09. The average Bonchev–Trinajstić information content (AvgIpc) is 3.21. The molecule has 1 aliphatic heterocycles. The van der Waals surface area contributed by atoms with Gasteiger partial charge in [0.15, 0.2) is 4.80 Å². The summed E-state index contributed by atoms with van der Waals surface area (Å²) in [6, 6.07) is 11.9. The lowest BCUT2D eigenvalue weighted by molar-refractivity contribution is -0.139. The molecular weight excluding hydrogens is 492 g/mol. The third-order valence-electron chi connectivity index (χ3n) is 5.81. The molecule has 9 heteroatoms. The number of esters is 1. The molecule has 2 heterocycles. The zero-order chi connectivity index (χ0) is 26.5. The summed E-state index contributed by atoms with van der Waals surface area (Å²) in [5.41, 5.74) is 2.01. The number of carbonyl (C=O) groups excluding carboxylic acids is 1. The SMILES string of the molecule is C=CCOc1ccc(C2C(C(=O)OCC)=C(C)N=c3s/c(=C\c4ccc(OC)cc4OC)c(=O)n32)cc1. The lowest BCUT2D eigenvalue weighted by atomic mass is 9.96. The van der Waals surface area contributed by atoms with Crippen molar-refractivity contribution in [3.8, 4) is 17.2 Å². The smallest absolute Gasteiger partial charge is 0.338 e. The maximum absolute atomic E-state index is 13.8. The maximum Gasteiger partial charge on any atom is 0.338 e. The van der Waals surface area contributed by atoms with Crippen LogP contribution < -0.4 is 29.1 Å². The first-order chi connectivity index (χ1) is 17.9. The molecule has 8 nitrogen and oxygen atoms in total. The van der Waals surface area contributed by atoms with E-state index < -0.39 is 12.0 Å². The highest BCUT2D eigenvalue weighted by Crippen LogP contribution is 2.32. The Kier molecular flexibility index (Phi) is 7.93. The van der Waals surface area contributed by atoms with Crippen LogP contribution in [0.1, 0.15) is 31.0 Å². The van der Waals surface area contributed by atoms with Gasteiger partial charge in [0.2, 0.25) is 0 Å². The monoisotopic (exact) mass is 520 g/mol. The van der Waals surface area contributed by atoms with Crippen LogP contribution in [0.2, 0.25) is 0 Å². The second kappa shape index (κ2) is 11.3. The summed E-state index contributed by atoms with van der Waals surface area (Å²) in [5, 5.41) is 0. The molecule has 192 valence electrons. The molecule has 4 rings (SSSR count). The Morgan fingerprint density at radius 1 is 1.14 bits per heavy atom. The topological polar surface area (TPSA) is 88.4 Å². The predicted molar refractivity (Wildman–Crippen MR) is 142 cm³/mol. The number of allylic oxidation sites excluding steroid dienone is 1. The van der Waals surface area contributed by atoms with Gasteiger partial charge in [-0.15, -0.1) is 0 Å².